The average molecular weight is 407 g/mol. The van der Waals surface area contributed by atoms with Crippen molar-refractivity contribution in [2.75, 3.05) is 14.2 Å². The first kappa shape index (κ1) is 20.4. The standard InChI is InChI=1S/C15H13N3O2.C7H8OS/c1-20-14-7-6-11(8-16-14)10-18-15(19)13-5-3-2-4-12(13)9-17-18;1-8-6-2-4-7(9)5-3-6/h2-9H,10H2,1H3;2-5,9H,1H3. The van der Waals surface area contributed by atoms with Gasteiger partial charge in [-0.05, 0) is 35.9 Å². The first-order valence-electron chi connectivity index (χ1n) is 8.87. The van der Waals surface area contributed by atoms with Gasteiger partial charge in [-0.1, -0.05) is 24.3 Å². The Morgan fingerprint density at radius 3 is 2.34 bits per heavy atom. The topological polar surface area (TPSA) is 66.2 Å². The maximum atomic E-state index is 12.3. The van der Waals surface area contributed by atoms with Crippen LogP contribution in [0.3, 0.4) is 0 Å². The third-order valence-electron chi connectivity index (χ3n) is 4.17. The van der Waals surface area contributed by atoms with Gasteiger partial charge in [0, 0.05) is 22.5 Å². The van der Waals surface area contributed by atoms with Crippen molar-refractivity contribution in [3.8, 4) is 11.6 Å². The van der Waals surface area contributed by atoms with E-state index in [1.54, 1.807) is 32.7 Å². The van der Waals surface area contributed by atoms with Gasteiger partial charge in [0.1, 0.15) is 5.75 Å². The summed E-state index contributed by atoms with van der Waals surface area (Å²) in [5.41, 5.74) is 0.801. The summed E-state index contributed by atoms with van der Waals surface area (Å²) < 4.78 is 11.4. The minimum Gasteiger partial charge on any atom is -0.497 e. The van der Waals surface area contributed by atoms with Crippen molar-refractivity contribution in [3.05, 3.63) is 89.0 Å². The van der Waals surface area contributed by atoms with Crippen LogP contribution in [0.15, 0.2) is 82.7 Å². The fraction of sp³-hybridized carbons (Fsp3) is 0.136. The van der Waals surface area contributed by atoms with Crippen LogP contribution in [0.2, 0.25) is 0 Å². The minimum atomic E-state index is -0.0982. The highest BCUT2D eigenvalue weighted by atomic mass is 32.1. The Balaban J connectivity index is 0.000000224. The maximum absolute atomic E-state index is 12.3. The van der Waals surface area contributed by atoms with Crippen molar-refractivity contribution in [3.63, 3.8) is 0 Å². The SMILES string of the molecule is COc1ccc(Cn2ncc3ccccc3c2=O)cn1.COc1ccc(S)cc1. The quantitative estimate of drug-likeness (QED) is 0.521. The average Bonchev–Trinajstić information content (AvgIpc) is 2.77. The Bertz CT molecular complexity index is 1130. The van der Waals surface area contributed by atoms with Gasteiger partial charge in [0.05, 0.1) is 32.3 Å². The number of nitrogens with zero attached hydrogens (tertiary/aromatic N) is 3. The molecule has 0 fully saturated rings. The Morgan fingerprint density at radius 1 is 0.931 bits per heavy atom. The first-order valence-corrected chi connectivity index (χ1v) is 9.32. The van der Waals surface area contributed by atoms with Crippen LogP contribution < -0.4 is 15.0 Å². The number of rotatable bonds is 4. The monoisotopic (exact) mass is 407 g/mol. The summed E-state index contributed by atoms with van der Waals surface area (Å²) in [5, 5.41) is 5.71. The predicted molar refractivity (Wildman–Crippen MR) is 116 cm³/mol. The molecule has 0 unspecified atom stereocenters. The summed E-state index contributed by atoms with van der Waals surface area (Å²) in [6.45, 7) is 0.390. The van der Waals surface area contributed by atoms with Crippen molar-refractivity contribution >= 4 is 23.4 Å². The highest BCUT2D eigenvalue weighted by Gasteiger charge is 2.04. The molecule has 2 heterocycles. The van der Waals surface area contributed by atoms with Gasteiger partial charge >= 0.3 is 0 Å². The molecular weight excluding hydrogens is 386 g/mol. The van der Waals surface area contributed by atoms with Gasteiger partial charge in [-0.25, -0.2) is 9.67 Å². The molecule has 0 aliphatic heterocycles. The first-order chi connectivity index (χ1) is 14.1. The third kappa shape index (κ3) is 5.36. The summed E-state index contributed by atoms with van der Waals surface area (Å²) in [6.07, 6.45) is 3.38. The van der Waals surface area contributed by atoms with Gasteiger partial charge in [-0.3, -0.25) is 4.79 Å². The Hall–Kier alpha value is -3.32. The molecule has 0 aliphatic carbocycles. The second-order valence-corrected chi connectivity index (χ2v) is 6.62. The number of thiol groups is 1. The number of hydrogen-bond acceptors (Lipinski definition) is 6. The lowest BCUT2D eigenvalue weighted by atomic mass is 10.2. The Labute approximate surface area is 174 Å². The van der Waals surface area contributed by atoms with Crippen LogP contribution in [0, 0.1) is 0 Å². The molecule has 4 rings (SSSR count). The van der Waals surface area contributed by atoms with Crippen LogP contribution in [0.1, 0.15) is 5.56 Å². The summed E-state index contributed by atoms with van der Waals surface area (Å²) >= 11 is 4.11. The van der Waals surface area contributed by atoms with Crippen LogP contribution in [0.4, 0.5) is 0 Å². The van der Waals surface area contributed by atoms with Crippen LogP contribution >= 0.6 is 12.6 Å². The number of aromatic nitrogens is 3. The van der Waals surface area contributed by atoms with Crippen molar-refractivity contribution in [2.45, 2.75) is 11.4 Å². The molecule has 0 amide bonds. The molecule has 2 aromatic carbocycles. The third-order valence-corrected chi connectivity index (χ3v) is 4.47. The predicted octanol–water partition coefficient (Wildman–Crippen LogP) is 3.83. The largest absolute Gasteiger partial charge is 0.497 e. The fourth-order valence-corrected chi connectivity index (χ4v) is 2.77. The second-order valence-electron chi connectivity index (χ2n) is 6.10. The molecule has 0 radical (unpaired) electrons. The van der Waals surface area contributed by atoms with Gasteiger partial charge in [-0.2, -0.15) is 5.10 Å². The van der Waals surface area contributed by atoms with E-state index < -0.39 is 0 Å². The number of ether oxygens (including phenoxy) is 2. The highest BCUT2D eigenvalue weighted by Crippen LogP contribution is 2.13. The second kappa shape index (κ2) is 9.75. The lowest BCUT2D eigenvalue weighted by molar-refractivity contribution is 0.397. The molecule has 7 heteroatoms. The van der Waals surface area contributed by atoms with E-state index in [0.29, 0.717) is 17.8 Å². The molecule has 2 aromatic heterocycles. The lowest BCUT2D eigenvalue weighted by Crippen LogP contribution is -2.23. The van der Waals surface area contributed by atoms with E-state index in [1.807, 2.05) is 54.6 Å². The summed E-state index contributed by atoms with van der Waals surface area (Å²) in [4.78, 5) is 17.4. The van der Waals surface area contributed by atoms with Crippen LogP contribution in [0.5, 0.6) is 11.6 Å². The van der Waals surface area contributed by atoms with Gasteiger partial charge in [-0.15, -0.1) is 12.6 Å². The van der Waals surface area contributed by atoms with Crippen molar-refractivity contribution in [1.29, 1.82) is 0 Å². The van der Waals surface area contributed by atoms with Gasteiger partial charge in [0.15, 0.2) is 0 Å². The molecule has 0 spiro atoms. The molecule has 148 valence electrons. The summed E-state index contributed by atoms with van der Waals surface area (Å²) in [5.74, 6) is 1.42. The number of benzene rings is 2. The highest BCUT2D eigenvalue weighted by molar-refractivity contribution is 7.80. The molecule has 0 N–H and O–H groups in total. The van der Waals surface area contributed by atoms with E-state index in [2.05, 4.69) is 22.7 Å². The summed E-state index contributed by atoms with van der Waals surface area (Å²) in [7, 11) is 3.21. The molecule has 0 saturated carbocycles. The van der Waals surface area contributed by atoms with Crippen LogP contribution in [-0.2, 0) is 6.54 Å². The molecule has 0 bridgehead atoms. The molecule has 0 atom stereocenters. The molecule has 0 saturated heterocycles. The van der Waals surface area contributed by atoms with Gasteiger partial charge in [0.2, 0.25) is 5.88 Å². The smallest absolute Gasteiger partial charge is 0.274 e. The Kier molecular flexibility index (Phi) is 6.86. The van der Waals surface area contributed by atoms with Crippen molar-refractivity contribution < 1.29 is 9.47 Å². The summed E-state index contributed by atoms with van der Waals surface area (Å²) in [6, 6.07) is 18.6. The number of fused-ring (bicyclic) bond motifs is 1. The zero-order chi connectivity index (χ0) is 20.6. The molecule has 0 aliphatic rings. The van der Waals surface area contributed by atoms with E-state index in [-0.39, 0.29) is 5.56 Å². The van der Waals surface area contributed by atoms with Gasteiger partial charge < -0.3 is 9.47 Å². The van der Waals surface area contributed by atoms with Crippen LogP contribution in [0.25, 0.3) is 10.8 Å². The lowest BCUT2D eigenvalue weighted by Gasteiger charge is -2.06. The number of methoxy groups -OCH3 is 2. The van der Waals surface area contributed by atoms with E-state index >= 15 is 0 Å². The number of hydrogen-bond donors (Lipinski definition) is 1. The maximum Gasteiger partial charge on any atom is 0.274 e. The van der Waals surface area contributed by atoms with Crippen LogP contribution in [-0.4, -0.2) is 29.0 Å². The normalized spacial score (nSPS) is 10.2. The van der Waals surface area contributed by atoms with E-state index in [1.165, 1.54) is 4.68 Å². The zero-order valence-corrected chi connectivity index (χ0v) is 17.0. The molecule has 4 aromatic rings. The molecule has 6 nitrogen and oxygen atoms in total. The van der Waals surface area contributed by atoms with Crippen molar-refractivity contribution in [1.82, 2.24) is 14.8 Å². The van der Waals surface area contributed by atoms with Crippen molar-refractivity contribution in [2.24, 2.45) is 0 Å². The van der Waals surface area contributed by atoms with E-state index in [4.69, 9.17) is 9.47 Å². The molecular formula is C22H21N3O3S. The van der Waals surface area contributed by atoms with E-state index in [0.717, 1.165) is 21.6 Å². The Morgan fingerprint density at radius 2 is 1.69 bits per heavy atom. The molecule has 29 heavy (non-hydrogen) atoms. The fourth-order valence-electron chi connectivity index (χ4n) is 2.62. The zero-order valence-electron chi connectivity index (χ0n) is 16.1. The minimum absolute atomic E-state index is 0.0982. The van der Waals surface area contributed by atoms with Gasteiger partial charge in [0.25, 0.3) is 5.56 Å². The number of pyridine rings is 1. The van der Waals surface area contributed by atoms with E-state index in [9.17, 15) is 4.79 Å².